The standard InChI is InChI=1S/C21H22ClFN4O2/c1-11(2)17-13-7-12(18-15(22)10-26-20(24)27-18)8-16(23)19(13)25-9-14(17)21(28)3-5-29-6-4-21/h7-11,28H,3-6H2,1-2H3,(H2,24,26,27). The van der Waals surface area contributed by atoms with Crippen molar-refractivity contribution in [2.75, 3.05) is 18.9 Å². The van der Waals surface area contributed by atoms with Crippen LogP contribution in [0.5, 0.6) is 0 Å². The number of aromatic nitrogens is 3. The van der Waals surface area contributed by atoms with Crippen LogP contribution >= 0.6 is 11.6 Å². The fourth-order valence-corrected chi connectivity index (χ4v) is 4.17. The van der Waals surface area contributed by atoms with E-state index in [-0.39, 0.29) is 22.4 Å². The first-order chi connectivity index (χ1) is 13.8. The van der Waals surface area contributed by atoms with Crippen LogP contribution in [0, 0.1) is 5.82 Å². The van der Waals surface area contributed by atoms with Crippen LogP contribution in [0.15, 0.2) is 24.5 Å². The lowest BCUT2D eigenvalue weighted by Crippen LogP contribution is -2.34. The third-order valence-electron chi connectivity index (χ3n) is 5.40. The molecule has 29 heavy (non-hydrogen) atoms. The van der Waals surface area contributed by atoms with E-state index >= 15 is 4.39 Å². The molecule has 0 spiro atoms. The van der Waals surface area contributed by atoms with E-state index in [1.807, 2.05) is 13.8 Å². The lowest BCUT2D eigenvalue weighted by Gasteiger charge is -2.35. The lowest BCUT2D eigenvalue weighted by atomic mass is 9.80. The molecule has 0 amide bonds. The van der Waals surface area contributed by atoms with Crippen molar-refractivity contribution in [3.63, 3.8) is 0 Å². The minimum atomic E-state index is -1.05. The first kappa shape index (κ1) is 19.9. The van der Waals surface area contributed by atoms with E-state index in [2.05, 4.69) is 15.0 Å². The molecule has 0 unspecified atom stereocenters. The molecule has 6 nitrogen and oxygen atoms in total. The quantitative estimate of drug-likeness (QED) is 0.664. The zero-order chi connectivity index (χ0) is 20.8. The van der Waals surface area contributed by atoms with Crippen LogP contribution < -0.4 is 5.73 Å². The Morgan fingerprint density at radius 1 is 1.21 bits per heavy atom. The van der Waals surface area contributed by atoms with Gasteiger partial charge in [-0.15, -0.1) is 0 Å². The summed E-state index contributed by atoms with van der Waals surface area (Å²) < 4.78 is 20.4. The van der Waals surface area contributed by atoms with Crippen LogP contribution in [0.2, 0.25) is 5.02 Å². The maximum absolute atomic E-state index is 15.0. The number of nitrogen functional groups attached to an aromatic ring is 1. The van der Waals surface area contributed by atoms with Crippen LogP contribution in [0.4, 0.5) is 10.3 Å². The molecule has 3 aromatic rings. The molecule has 3 heterocycles. The molecule has 0 aliphatic carbocycles. The van der Waals surface area contributed by atoms with Crippen LogP contribution in [-0.2, 0) is 10.3 Å². The van der Waals surface area contributed by atoms with Gasteiger partial charge in [-0.3, -0.25) is 4.98 Å². The number of halogens is 2. The topological polar surface area (TPSA) is 94.2 Å². The Balaban J connectivity index is 2.00. The normalized spacial score (nSPS) is 16.5. The zero-order valence-corrected chi connectivity index (χ0v) is 17.0. The van der Waals surface area contributed by atoms with Gasteiger partial charge in [-0.1, -0.05) is 25.4 Å². The Morgan fingerprint density at radius 2 is 1.93 bits per heavy atom. The van der Waals surface area contributed by atoms with Gasteiger partial charge in [0.15, 0.2) is 0 Å². The molecule has 1 fully saturated rings. The van der Waals surface area contributed by atoms with Gasteiger partial charge in [0.05, 0.1) is 22.5 Å². The minimum absolute atomic E-state index is 0.0305. The number of fused-ring (bicyclic) bond motifs is 1. The SMILES string of the molecule is CC(C)c1c(C2(O)CCOCC2)cnc2c(F)cc(-c3nc(N)ncc3Cl)cc12. The molecule has 0 atom stereocenters. The first-order valence-electron chi connectivity index (χ1n) is 9.51. The maximum atomic E-state index is 15.0. The molecule has 0 saturated carbocycles. The van der Waals surface area contributed by atoms with Crippen molar-refractivity contribution in [3.05, 3.63) is 46.5 Å². The van der Waals surface area contributed by atoms with Crippen molar-refractivity contribution in [2.24, 2.45) is 0 Å². The average Bonchev–Trinajstić information content (AvgIpc) is 2.69. The highest BCUT2D eigenvalue weighted by Crippen LogP contribution is 2.41. The number of benzene rings is 1. The summed E-state index contributed by atoms with van der Waals surface area (Å²) in [6, 6.07) is 3.15. The van der Waals surface area contributed by atoms with Crippen molar-refractivity contribution in [2.45, 2.75) is 38.2 Å². The number of ether oxygens (including phenoxy) is 1. The van der Waals surface area contributed by atoms with Crippen molar-refractivity contribution >= 4 is 28.5 Å². The first-order valence-corrected chi connectivity index (χ1v) is 9.89. The molecule has 0 radical (unpaired) electrons. The van der Waals surface area contributed by atoms with E-state index in [0.717, 1.165) is 5.56 Å². The molecule has 1 aliphatic heterocycles. The fraction of sp³-hybridized carbons (Fsp3) is 0.381. The highest BCUT2D eigenvalue weighted by molar-refractivity contribution is 6.33. The van der Waals surface area contributed by atoms with Crippen molar-refractivity contribution in [1.29, 1.82) is 0 Å². The van der Waals surface area contributed by atoms with Gasteiger partial charge in [-0.2, -0.15) is 0 Å². The molecule has 1 aromatic carbocycles. The minimum Gasteiger partial charge on any atom is -0.385 e. The van der Waals surface area contributed by atoms with E-state index in [0.29, 0.717) is 48.3 Å². The summed E-state index contributed by atoms with van der Waals surface area (Å²) in [5, 5.41) is 12.2. The summed E-state index contributed by atoms with van der Waals surface area (Å²) in [6.45, 7) is 4.97. The van der Waals surface area contributed by atoms with Crippen LogP contribution in [0.25, 0.3) is 22.2 Å². The number of hydrogen-bond acceptors (Lipinski definition) is 6. The smallest absolute Gasteiger partial charge is 0.220 e. The predicted molar refractivity (Wildman–Crippen MR) is 110 cm³/mol. The molecule has 4 rings (SSSR count). The highest BCUT2D eigenvalue weighted by Gasteiger charge is 2.35. The van der Waals surface area contributed by atoms with Gasteiger partial charge in [0.25, 0.3) is 0 Å². The number of nitrogens with two attached hydrogens (primary N) is 1. The summed E-state index contributed by atoms with van der Waals surface area (Å²) in [6.07, 6.45) is 3.93. The molecular weight excluding hydrogens is 395 g/mol. The Hall–Kier alpha value is -2.35. The summed E-state index contributed by atoms with van der Waals surface area (Å²) in [4.78, 5) is 12.4. The summed E-state index contributed by atoms with van der Waals surface area (Å²) in [5.41, 5.74) is 7.30. The molecule has 2 aromatic heterocycles. The van der Waals surface area contributed by atoms with Crippen molar-refractivity contribution in [3.8, 4) is 11.3 Å². The summed E-state index contributed by atoms with van der Waals surface area (Å²) in [7, 11) is 0. The average molecular weight is 417 g/mol. The van der Waals surface area contributed by atoms with Crippen LogP contribution in [0.1, 0.15) is 43.7 Å². The molecule has 152 valence electrons. The second kappa shape index (κ2) is 7.48. The molecule has 1 saturated heterocycles. The Kier molecular flexibility index (Phi) is 5.14. The van der Waals surface area contributed by atoms with Gasteiger partial charge in [0.2, 0.25) is 5.95 Å². The van der Waals surface area contributed by atoms with Gasteiger partial charge in [-0.05, 0) is 23.6 Å². The van der Waals surface area contributed by atoms with E-state index < -0.39 is 11.4 Å². The second-order valence-electron chi connectivity index (χ2n) is 7.66. The van der Waals surface area contributed by atoms with Crippen LogP contribution in [-0.4, -0.2) is 33.3 Å². The fourth-order valence-electron chi connectivity index (χ4n) is 3.97. The van der Waals surface area contributed by atoms with Crippen molar-refractivity contribution < 1.29 is 14.2 Å². The third kappa shape index (κ3) is 3.54. The van der Waals surface area contributed by atoms with Gasteiger partial charge in [0.1, 0.15) is 11.3 Å². The number of aliphatic hydroxyl groups is 1. The zero-order valence-electron chi connectivity index (χ0n) is 16.2. The van der Waals surface area contributed by atoms with E-state index in [4.69, 9.17) is 22.1 Å². The van der Waals surface area contributed by atoms with Gasteiger partial charge >= 0.3 is 0 Å². The van der Waals surface area contributed by atoms with E-state index in [1.54, 1.807) is 12.3 Å². The molecule has 1 aliphatic rings. The maximum Gasteiger partial charge on any atom is 0.220 e. The lowest BCUT2D eigenvalue weighted by molar-refractivity contribution is -0.0686. The number of nitrogens with zero attached hydrogens (tertiary/aromatic N) is 3. The summed E-state index contributed by atoms with van der Waals surface area (Å²) in [5.74, 6) is -0.404. The monoisotopic (exact) mass is 416 g/mol. The highest BCUT2D eigenvalue weighted by atomic mass is 35.5. The Bertz CT molecular complexity index is 1080. The molecule has 3 N–H and O–H groups in total. The second-order valence-corrected chi connectivity index (χ2v) is 8.07. The number of pyridine rings is 1. The van der Waals surface area contributed by atoms with Gasteiger partial charge in [-0.25, -0.2) is 14.4 Å². The Morgan fingerprint density at radius 3 is 2.62 bits per heavy atom. The number of rotatable bonds is 3. The van der Waals surface area contributed by atoms with Crippen molar-refractivity contribution in [1.82, 2.24) is 15.0 Å². The third-order valence-corrected chi connectivity index (χ3v) is 5.68. The number of hydrogen-bond donors (Lipinski definition) is 2. The molecule has 0 bridgehead atoms. The van der Waals surface area contributed by atoms with E-state index in [9.17, 15) is 5.11 Å². The van der Waals surface area contributed by atoms with E-state index in [1.165, 1.54) is 12.3 Å². The van der Waals surface area contributed by atoms with Gasteiger partial charge < -0.3 is 15.6 Å². The number of anilines is 1. The predicted octanol–water partition coefficient (Wildman–Crippen LogP) is 4.19. The summed E-state index contributed by atoms with van der Waals surface area (Å²) >= 11 is 6.24. The largest absolute Gasteiger partial charge is 0.385 e. The Labute approximate surface area is 172 Å². The molecule has 8 heteroatoms. The molecular formula is C21H22ClFN4O2. The van der Waals surface area contributed by atoms with Crippen LogP contribution in [0.3, 0.4) is 0 Å². The van der Waals surface area contributed by atoms with Gasteiger partial charge in [0, 0.05) is 48.8 Å².